The Morgan fingerprint density at radius 3 is 2.56 bits per heavy atom. The van der Waals surface area contributed by atoms with Crippen molar-refractivity contribution in [1.82, 2.24) is 0 Å². The van der Waals surface area contributed by atoms with Crippen molar-refractivity contribution in [3.63, 3.8) is 0 Å². The molecule has 0 aromatic heterocycles. The van der Waals surface area contributed by atoms with Gasteiger partial charge in [0, 0.05) is 36.2 Å². The lowest BCUT2D eigenvalue weighted by Gasteiger charge is -2.25. The number of anilines is 2. The normalized spacial score (nSPS) is 16.6. The van der Waals surface area contributed by atoms with Crippen LogP contribution in [0.15, 0.2) is 78.9 Å². The fraction of sp³-hybridized carbons (Fsp3) is 0.241. The van der Waals surface area contributed by atoms with Gasteiger partial charge in [0.15, 0.2) is 11.5 Å². The highest BCUT2D eigenvalue weighted by Crippen LogP contribution is 2.34. The third kappa shape index (κ3) is 5.58. The minimum atomic E-state index is -0.443. The third-order valence-electron chi connectivity index (χ3n) is 6.08. The maximum atomic E-state index is 13.7. The summed E-state index contributed by atoms with van der Waals surface area (Å²) in [7, 11) is 0. The van der Waals surface area contributed by atoms with Gasteiger partial charge < -0.3 is 24.4 Å². The molecule has 0 spiro atoms. The molecular weight excluding hydrogens is 456 g/mol. The van der Waals surface area contributed by atoms with Crippen LogP contribution in [0.3, 0.4) is 0 Å². The molecule has 7 heteroatoms. The van der Waals surface area contributed by atoms with Crippen LogP contribution in [0.4, 0.5) is 11.4 Å². The number of hydrogen-bond donors (Lipinski definition) is 1. The van der Waals surface area contributed by atoms with Crippen molar-refractivity contribution in [1.29, 1.82) is 0 Å². The van der Waals surface area contributed by atoms with Gasteiger partial charge in [0.25, 0.3) is 11.8 Å². The highest BCUT2D eigenvalue weighted by Gasteiger charge is 2.24. The van der Waals surface area contributed by atoms with E-state index in [1.807, 2.05) is 60.7 Å². The molecule has 0 bridgehead atoms. The standard InChI is InChI=1S/C29H28N2O5/c32-28(26-12-6-16-34-26)30-23-11-4-10-22(19-23)29(33)31(15-5-9-21-7-2-1-3-8-21)24-13-14-25-27(20-24)36-18-17-35-25/h1-5,7-11,13-14,19-20,26H,6,12,15-18H2,(H,30,32)/b9-5+. The zero-order valence-corrected chi connectivity index (χ0v) is 19.9. The minimum absolute atomic E-state index is 0.188. The number of fused-ring (bicyclic) bond motifs is 1. The van der Waals surface area contributed by atoms with Crippen molar-refractivity contribution >= 4 is 29.3 Å². The number of carbonyl (C=O) groups is 2. The predicted molar refractivity (Wildman–Crippen MR) is 139 cm³/mol. The van der Waals surface area contributed by atoms with E-state index in [9.17, 15) is 9.59 Å². The Balaban J connectivity index is 1.40. The number of amides is 2. The van der Waals surface area contributed by atoms with E-state index >= 15 is 0 Å². The second-order valence-corrected chi connectivity index (χ2v) is 8.63. The van der Waals surface area contributed by atoms with Gasteiger partial charge in [0.2, 0.25) is 0 Å². The molecule has 0 saturated carbocycles. The SMILES string of the molecule is O=C(Nc1cccc(C(=O)N(C/C=C/c2ccccc2)c2ccc3c(c2)OCCO3)c1)C1CCCO1. The highest BCUT2D eigenvalue weighted by molar-refractivity contribution is 6.07. The summed E-state index contributed by atoms with van der Waals surface area (Å²) in [6.07, 6.45) is 5.07. The molecule has 3 aromatic carbocycles. The number of nitrogens with one attached hydrogen (secondary N) is 1. The van der Waals surface area contributed by atoms with Gasteiger partial charge in [-0.3, -0.25) is 9.59 Å². The maximum Gasteiger partial charge on any atom is 0.258 e. The predicted octanol–water partition coefficient (Wildman–Crippen LogP) is 4.94. The van der Waals surface area contributed by atoms with E-state index in [1.54, 1.807) is 29.2 Å². The molecule has 3 aromatic rings. The average molecular weight is 485 g/mol. The molecule has 1 atom stereocenters. The van der Waals surface area contributed by atoms with Crippen LogP contribution in [0.25, 0.3) is 6.08 Å². The fourth-order valence-electron chi connectivity index (χ4n) is 4.26. The number of ether oxygens (including phenoxy) is 3. The van der Waals surface area contributed by atoms with Crippen molar-refractivity contribution in [2.45, 2.75) is 18.9 Å². The maximum absolute atomic E-state index is 13.7. The lowest BCUT2D eigenvalue weighted by Crippen LogP contribution is -2.31. The van der Waals surface area contributed by atoms with E-state index in [0.29, 0.717) is 61.2 Å². The molecular formula is C29H28N2O5. The lowest BCUT2D eigenvalue weighted by molar-refractivity contribution is -0.124. The molecule has 1 fully saturated rings. The van der Waals surface area contributed by atoms with Crippen LogP contribution in [0.1, 0.15) is 28.8 Å². The molecule has 184 valence electrons. The van der Waals surface area contributed by atoms with Gasteiger partial charge in [-0.25, -0.2) is 0 Å². The summed E-state index contributed by atoms with van der Waals surface area (Å²) in [5.74, 6) is 0.890. The summed E-state index contributed by atoms with van der Waals surface area (Å²) < 4.78 is 16.9. The van der Waals surface area contributed by atoms with E-state index < -0.39 is 6.10 Å². The first kappa shape index (κ1) is 23.6. The summed E-state index contributed by atoms with van der Waals surface area (Å²) in [6, 6.07) is 22.4. The molecule has 2 aliphatic heterocycles. The zero-order chi connectivity index (χ0) is 24.7. The second kappa shape index (κ2) is 11.1. The molecule has 1 saturated heterocycles. The number of benzene rings is 3. The van der Waals surface area contributed by atoms with Gasteiger partial charge in [0.1, 0.15) is 19.3 Å². The smallest absolute Gasteiger partial charge is 0.258 e. The molecule has 2 aliphatic rings. The number of hydrogen-bond acceptors (Lipinski definition) is 5. The van der Waals surface area contributed by atoms with Crippen molar-refractivity contribution in [3.05, 3.63) is 90.0 Å². The Morgan fingerprint density at radius 1 is 0.917 bits per heavy atom. The van der Waals surface area contributed by atoms with Gasteiger partial charge in [-0.1, -0.05) is 48.6 Å². The Labute approximate surface area is 210 Å². The van der Waals surface area contributed by atoms with E-state index in [4.69, 9.17) is 14.2 Å². The van der Waals surface area contributed by atoms with Crippen LogP contribution >= 0.6 is 0 Å². The first-order valence-electron chi connectivity index (χ1n) is 12.1. The Hall–Kier alpha value is -4.10. The van der Waals surface area contributed by atoms with Crippen LogP contribution in [0.5, 0.6) is 11.5 Å². The highest BCUT2D eigenvalue weighted by atomic mass is 16.6. The fourth-order valence-corrected chi connectivity index (χ4v) is 4.26. The molecule has 7 nitrogen and oxygen atoms in total. The van der Waals surface area contributed by atoms with Crippen LogP contribution < -0.4 is 19.7 Å². The summed E-state index contributed by atoms with van der Waals surface area (Å²) >= 11 is 0. The molecule has 1 N–H and O–H groups in total. The number of rotatable bonds is 7. The first-order valence-corrected chi connectivity index (χ1v) is 12.1. The molecule has 0 aliphatic carbocycles. The number of carbonyl (C=O) groups excluding carboxylic acids is 2. The van der Waals surface area contributed by atoms with Crippen LogP contribution in [0, 0.1) is 0 Å². The molecule has 1 unspecified atom stereocenters. The lowest BCUT2D eigenvalue weighted by atomic mass is 10.1. The Kier molecular flexibility index (Phi) is 7.28. The van der Waals surface area contributed by atoms with Gasteiger partial charge in [-0.05, 0) is 48.7 Å². The third-order valence-corrected chi connectivity index (χ3v) is 6.08. The Morgan fingerprint density at radius 2 is 1.75 bits per heavy atom. The zero-order valence-electron chi connectivity index (χ0n) is 19.9. The van der Waals surface area contributed by atoms with Crippen molar-refractivity contribution < 1.29 is 23.8 Å². The molecule has 0 radical (unpaired) electrons. The summed E-state index contributed by atoms with van der Waals surface area (Å²) in [5.41, 5.74) is 2.76. The largest absolute Gasteiger partial charge is 0.486 e. The first-order chi connectivity index (χ1) is 17.7. The van der Waals surface area contributed by atoms with Crippen LogP contribution in [-0.4, -0.2) is 44.3 Å². The minimum Gasteiger partial charge on any atom is -0.486 e. The number of nitrogens with zero attached hydrogens (tertiary/aromatic N) is 1. The average Bonchev–Trinajstić information content (AvgIpc) is 3.47. The molecule has 36 heavy (non-hydrogen) atoms. The van der Waals surface area contributed by atoms with Gasteiger partial charge in [0.05, 0.1) is 0 Å². The van der Waals surface area contributed by atoms with Gasteiger partial charge in [-0.2, -0.15) is 0 Å². The van der Waals surface area contributed by atoms with Gasteiger partial charge in [-0.15, -0.1) is 0 Å². The second-order valence-electron chi connectivity index (χ2n) is 8.63. The summed E-state index contributed by atoms with van der Waals surface area (Å²) in [5, 5.41) is 2.88. The summed E-state index contributed by atoms with van der Waals surface area (Å²) in [6.45, 7) is 1.90. The molecule has 2 amide bonds. The van der Waals surface area contributed by atoms with Crippen molar-refractivity contribution in [3.8, 4) is 11.5 Å². The van der Waals surface area contributed by atoms with E-state index in [-0.39, 0.29) is 11.8 Å². The van der Waals surface area contributed by atoms with Crippen molar-refractivity contribution in [2.75, 3.05) is 36.6 Å². The van der Waals surface area contributed by atoms with E-state index in [0.717, 1.165) is 12.0 Å². The van der Waals surface area contributed by atoms with Gasteiger partial charge >= 0.3 is 0 Å². The van der Waals surface area contributed by atoms with Crippen molar-refractivity contribution in [2.24, 2.45) is 0 Å². The van der Waals surface area contributed by atoms with Crippen LogP contribution in [-0.2, 0) is 9.53 Å². The van der Waals surface area contributed by atoms with E-state index in [2.05, 4.69) is 5.32 Å². The van der Waals surface area contributed by atoms with E-state index in [1.165, 1.54) is 0 Å². The quantitative estimate of drug-likeness (QED) is 0.514. The molecule has 2 heterocycles. The molecule has 5 rings (SSSR count). The summed E-state index contributed by atoms with van der Waals surface area (Å²) in [4.78, 5) is 27.9. The topological polar surface area (TPSA) is 77.1 Å². The Bertz CT molecular complexity index is 1250. The monoisotopic (exact) mass is 484 g/mol. The van der Waals surface area contributed by atoms with Crippen LogP contribution in [0.2, 0.25) is 0 Å².